The van der Waals surface area contributed by atoms with E-state index < -0.39 is 10.0 Å². The van der Waals surface area contributed by atoms with Crippen molar-refractivity contribution >= 4 is 21.6 Å². The number of nitrogens with one attached hydrogen (secondary N) is 2. The Morgan fingerprint density at radius 3 is 2.59 bits per heavy atom. The van der Waals surface area contributed by atoms with E-state index in [-0.39, 0.29) is 11.9 Å². The van der Waals surface area contributed by atoms with Crippen LogP contribution in [0.2, 0.25) is 0 Å². The molecule has 0 aromatic heterocycles. The summed E-state index contributed by atoms with van der Waals surface area (Å²) in [6.07, 6.45) is 3.95. The summed E-state index contributed by atoms with van der Waals surface area (Å²) in [4.78, 5) is 12.3. The quantitative estimate of drug-likeness (QED) is 0.675. The highest BCUT2D eigenvalue weighted by molar-refractivity contribution is 7.92. The average Bonchev–Trinajstić information content (AvgIpc) is 2.44. The van der Waals surface area contributed by atoms with Crippen LogP contribution in [0.5, 0.6) is 0 Å². The Hall–Kier alpha value is -1.60. The van der Waals surface area contributed by atoms with Crippen LogP contribution in [-0.2, 0) is 10.0 Å². The van der Waals surface area contributed by atoms with Crippen molar-refractivity contribution in [2.45, 2.75) is 39.2 Å². The first-order chi connectivity index (χ1) is 10.3. The third kappa shape index (κ3) is 6.03. The lowest BCUT2D eigenvalue weighted by Gasteiger charge is -2.17. The topological polar surface area (TPSA) is 101 Å². The van der Waals surface area contributed by atoms with Gasteiger partial charge in [0.1, 0.15) is 0 Å². The number of hydrogen-bond donors (Lipinski definition) is 3. The third-order valence-electron chi connectivity index (χ3n) is 3.32. The van der Waals surface area contributed by atoms with Gasteiger partial charge in [-0.25, -0.2) is 8.42 Å². The maximum absolute atomic E-state index is 12.3. The van der Waals surface area contributed by atoms with Gasteiger partial charge in [0.2, 0.25) is 10.0 Å². The van der Waals surface area contributed by atoms with Gasteiger partial charge < -0.3 is 11.1 Å². The lowest BCUT2D eigenvalue weighted by Crippen LogP contribution is -2.40. The number of carbonyl (C=O) groups is 1. The molecule has 124 valence electrons. The first kappa shape index (κ1) is 18.4. The number of carbonyl (C=O) groups excluding carboxylic acids is 1. The molecule has 1 amide bonds. The lowest BCUT2D eigenvalue weighted by atomic mass is 10.1. The molecule has 0 bridgehead atoms. The van der Waals surface area contributed by atoms with E-state index in [0.717, 1.165) is 31.1 Å². The second-order valence-electron chi connectivity index (χ2n) is 5.45. The number of unbranched alkanes of at least 4 members (excludes halogenated alkanes) is 1. The van der Waals surface area contributed by atoms with Gasteiger partial charge in [-0.2, -0.15) is 0 Å². The fraction of sp³-hybridized carbons (Fsp3) is 0.533. The molecule has 0 aliphatic heterocycles. The highest BCUT2D eigenvalue weighted by Gasteiger charge is 2.14. The number of hydrogen-bond acceptors (Lipinski definition) is 4. The van der Waals surface area contributed by atoms with E-state index in [1.165, 1.54) is 0 Å². The number of benzene rings is 1. The smallest absolute Gasteiger partial charge is 0.251 e. The third-order valence-corrected chi connectivity index (χ3v) is 3.91. The van der Waals surface area contributed by atoms with Crippen molar-refractivity contribution in [3.05, 3.63) is 29.3 Å². The summed E-state index contributed by atoms with van der Waals surface area (Å²) in [7, 11) is -3.38. The monoisotopic (exact) mass is 327 g/mol. The normalized spacial score (nSPS) is 12.7. The minimum absolute atomic E-state index is 0.0694. The Kier molecular flexibility index (Phi) is 6.83. The number of aryl methyl sites for hydroxylation is 1. The zero-order valence-electron chi connectivity index (χ0n) is 13.3. The fourth-order valence-corrected chi connectivity index (χ4v) is 2.66. The Bertz CT molecular complexity index is 614. The van der Waals surface area contributed by atoms with Crippen molar-refractivity contribution in [3.8, 4) is 0 Å². The van der Waals surface area contributed by atoms with Gasteiger partial charge >= 0.3 is 0 Å². The summed E-state index contributed by atoms with van der Waals surface area (Å²) >= 11 is 0. The van der Waals surface area contributed by atoms with Gasteiger partial charge in [0.15, 0.2) is 0 Å². The van der Waals surface area contributed by atoms with E-state index in [9.17, 15) is 13.2 Å². The summed E-state index contributed by atoms with van der Waals surface area (Å²) in [5, 5.41) is 2.89. The molecule has 0 spiro atoms. The molecular formula is C15H25N3O3S. The first-order valence-corrected chi connectivity index (χ1v) is 9.25. The molecule has 0 saturated carbocycles. The Morgan fingerprint density at radius 2 is 2.05 bits per heavy atom. The largest absolute Gasteiger partial charge is 0.348 e. The molecule has 0 aliphatic carbocycles. The number of sulfonamides is 1. The molecule has 1 aromatic carbocycles. The van der Waals surface area contributed by atoms with Crippen molar-refractivity contribution in [1.29, 1.82) is 0 Å². The predicted molar refractivity (Wildman–Crippen MR) is 89.5 cm³/mol. The van der Waals surface area contributed by atoms with E-state index in [2.05, 4.69) is 17.0 Å². The Labute approximate surface area is 132 Å². The van der Waals surface area contributed by atoms with Gasteiger partial charge in [0, 0.05) is 18.2 Å². The summed E-state index contributed by atoms with van der Waals surface area (Å²) in [6, 6.07) is 4.86. The molecule has 7 heteroatoms. The minimum Gasteiger partial charge on any atom is -0.348 e. The first-order valence-electron chi connectivity index (χ1n) is 7.36. The zero-order valence-corrected chi connectivity index (χ0v) is 14.2. The van der Waals surface area contributed by atoms with Crippen LogP contribution in [-0.4, -0.2) is 33.2 Å². The standard InChI is InChI=1S/C15H25N3O3S/c1-4-5-6-13(10-16)17-15(19)12-8-7-11(2)14(9-12)18-22(3,20)21/h7-9,13,18H,4-6,10,16H2,1-3H3,(H,17,19). The summed E-state index contributed by atoms with van der Waals surface area (Å²) in [5.74, 6) is -0.247. The van der Waals surface area contributed by atoms with Gasteiger partial charge in [-0.1, -0.05) is 25.8 Å². The summed E-state index contributed by atoms with van der Waals surface area (Å²) < 4.78 is 25.1. The van der Waals surface area contributed by atoms with Crippen molar-refractivity contribution in [2.75, 3.05) is 17.5 Å². The molecule has 6 nitrogen and oxygen atoms in total. The minimum atomic E-state index is -3.38. The molecule has 0 aliphatic rings. The number of rotatable bonds is 8. The zero-order chi connectivity index (χ0) is 16.8. The van der Waals surface area contributed by atoms with Crippen LogP contribution < -0.4 is 15.8 Å². The molecule has 4 N–H and O–H groups in total. The van der Waals surface area contributed by atoms with E-state index in [1.807, 2.05) is 0 Å². The van der Waals surface area contributed by atoms with Crippen molar-refractivity contribution in [2.24, 2.45) is 5.73 Å². The molecule has 0 saturated heterocycles. The summed E-state index contributed by atoms with van der Waals surface area (Å²) in [6.45, 7) is 4.24. The van der Waals surface area contributed by atoms with Crippen molar-refractivity contribution < 1.29 is 13.2 Å². The number of nitrogens with two attached hydrogens (primary N) is 1. The van der Waals surface area contributed by atoms with E-state index >= 15 is 0 Å². The van der Waals surface area contributed by atoms with Crippen molar-refractivity contribution in [3.63, 3.8) is 0 Å². The molecule has 1 unspecified atom stereocenters. The van der Waals surface area contributed by atoms with Gasteiger partial charge in [-0.15, -0.1) is 0 Å². The highest BCUT2D eigenvalue weighted by Crippen LogP contribution is 2.18. The number of anilines is 1. The van der Waals surface area contributed by atoms with E-state index in [4.69, 9.17) is 5.73 Å². The van der Waals surface area contributed by atoms with Crippen molar-refractivity contribution in [1.82, 2.24) is 5.32 Å². The predicted octanol–water partition coefficient (Wildman–Crippen LogP) is 1.61. The average molecular weight is 327 g/mol. The maximum Gasteiger partial charge on any atom is 0.251 e. The van der Waals surface area contributed by atoms with Crippen LogP contribution in [0.15, 0.2) is 18.2 Å². The highest BCUT2D eigenvalue weighted by atomic mass is 32.2. The van der Waals surface area contributed by atoms with Gasteiger partial charge in [-0.3, -0.25) is 9.52 Å². The molecule has 22 heavy (non-hydrogen) atoms. The molecule has 1 rings (SSSR count). The molecular weight excluding hydrogens is 302 g/mol. The van der Waals surface area contributed by atoms with E-state index in [0.29, 0.717) is 17.8 Å². The Morgan fingerprint density at radius 1 is 1.36 bits per heavy atom. The van der Waals surface area contributed by atoms with E-state index in [1.54, 1.807) is 25.1 Å². The Balaban J connectivity index is 2.87. The van der Waals surface area contributed by atoms with Crippen LogP contribution in [0.3, 0.4) is 0 Å². The maximum atomic E-state index is 12.3. The van der Waals surface area contributed by atoms with Gasteiger partial charge in [0.25, 0.3) is 5.91 Å². The number of amides is 1. The van der Waals surface area contributed by atoms with Crippen LogP contribution in [0.1, 0.15) is 42.1 Å². The SMILES string of the molecule is CCCCC(CN)NC(=O)c1ccc(C)c(NS(C)(=O)=O)c1. The van der Waals surface area contributed by atoms with Crippen LogP contribution in [0.4, 0.5) is 5.69 Å². The second kappa shape index (κ2) is 8.14. The molecule has 0 fully saturated rings. The fourth-order valence-electron chi connectivity index (χ4n) is 2.04. The van der Waals surface area contributed by atoms with Crippen LogP contribution in [0, 0.1) is 6.92 Å². The summed E-state index contributed by atoms with van der Waals surface area (Å²) in [5.41, 5.74) is 7.24. The van der Waals surface area contributed by atoms with Crippen LogP contribution in [0.25, 0.3) is 0 Å². The van der Waals surface area contributed by atoms with Gasteiger partial charge in [-0.05, 0) is 31.0 Å². The molecule has 0 radical (unpaired) electrons. The van der Waals surface area contributed by atoms with Crippen LogP contribution >= 0.6 is 0 Å². The second-order valence-corrected chi connectivity index (χ2v) is 7.20. The lowest BCUT2D eigenvalue weighted by molar-refractivity contribution is 0.0936. The molecule has 0 heterocycles. The molecule has 1 atom stereocenters. The molecule has 1 aromatic rings. The van der Waals surface area contributed by atoms with Gasteiger partial charge in [0.05, 0.1) is 11.9 Å².